The van der Waals surface area contributed by atoms with Crippen LogP contribution >= 0.6 is 0 Å². The predicted molar refractivity (Wildman–Crippen MR) is 105 cm³/mol. The van der Waals surface area contributed by atoms with Crippen molar-refractivity contribution in [2.45, 2.75) is 37.7 Å². The monoisotopic (exact) mass is 432 g/mol. The molecule has 2 heterocycles. The maximum absolute atomic E-state index is 15.6. The summed E-state index contributed by atoms with van der Waals surface area (Å²) in [4.78, 5) is 31.4. The van der Waals surface area contributed by atoms with Gasteiger partial charge in [0, 0.05) is 0 Å². The Labute approximate surface area is 178 Å². The Morgan fingerprint density at radius 3 is 2.42 bits per heavy atom. The van der Waals surface area contributed by atoms with Gasteiger partial charge >= 0.3 is 18.0 Å². The van der Waals surface area contributed by atoms with E-state index >= 15 is 8.78 Å². The molecule has 2 fully saturated rings. The molecule has 2 saturated heterocycles. The quantitative estimate of drug-likeness (QED) is 0.651. The number of carbonyl (C=O) groups is 2. The summed E-state index contributed by atoms with van der Waals surface area (Å²) in [6, 6.07) is 14.7. The molecule has 7 nitrogen and oxygen atoms in total. The molecule has 0 spiro atoms. The molecule has 0 N–H and O–H groups in total. The second-order valence-electron chi connectivity index (χ2n) is 7.26. The number of hydroxylamine groups is 2. The van der Waals surface area contributed by atoms with Gasteiger partial charge in [0.05, 0.1) is 19.2 Å². The van der Waals surface area contributed by atoms with E-state index in [1.54, 1.807) is 60.7 Å². The van der Waals surface area contributed by atoms with Crippen molar-refractivity contribution in [3.63, 3.8) is 0 Å². The van der Waals surface area contributed by atoms with Crippen molar-refractivity contribution in [2.24, 2.45) is 0 Å². The van der Waals surface area contributed by atoms with Crippen LogP contribution in [0.25, 0.3) is 0 Å². The Balaban J connectivity index is 1.68. The van der Waals surface area contributed by atoms with Crippen LogP contribution in [0.15, 0.2) is 60.7 Å². The molecule has 3 atom stereocenters. The lowest BCUT2D eigenvalue weighted by molar-refractivity contribution is -0.215. The van der Waals surface area contributed by atoms with Crippen molar-refractivity contribution in [1.82, 2.24) is 9.96 Å². The number of alkyl halides is 2. The minimum atomic E-state index is -3.74. The fourth-order valence-electron chi connectivity index (χ4n) is 3.83. The highest BCUT2D eigenvalue weighted by Gasteiger charge is 2.66. The van der Waals surface area contributed by atoms with E-state index in [9.17, 15) is 9.59 Å². The molecule has 31 heavy (non-hydrogen) atoms. The largest absolute Gasteiger partial charge is 0.465 e. The summed E-state index contributed by atoms with van der Waals surface area (Å²) in [6.07, 6.45) is -2.95. The summed E-state index contributed by atoms with van der Waals surface area (Å²) in [6.45, 7) is 1.29. The average molecular weight is 432 g/mol. The van der Waals surface area contributed by atoms with Crippen LogP contribution in [0.1, 0.15) is 24.1 Å². The van der Waals surface area contributed by atoms with Crippen LogP contribution in [0, 0.1) is 0 Å². The van der Waals surface area contributed by atoms with E-state index in [4.69, 9.17) is 14.3 Å². The molecular weight excluding hydrogens is 410 g/mol. The average Bonchev–Trinajstić information content (AvgIpc) is 3.25. The number of benzene rings is 2. The van der Waals surface area contributed by atoms with E-state index in [1.165, 1.54) is 6.92 Å². The van der Waals surface area contributed by atoms with Crippen molar-refractivity contribution in [3.8, 4) is 0 Å². The Morgan fingerprint density at radius 2 is 1.77 bits per heavy atom. The van der Waals surface area contributed by atoms with Crippen molar-refractivity contribution < 1.29 is 32.7 Å². The molecule has 1 amide bonds. The summed E-state index contributed by atoms with van der Waals surface area (Å²) >= 11 is 0. The van der Waals surface area contributed by atoms with Gasteiger partial charge < -0.3 is 9.47 Å². The first-order valence-electron chi connectivity index (χ1n) is 9.95. The number of esters is 1. The van der Waals surface area contributed by atoms with E-state index in [1.807, 2.05) is 0 Å². The molecule has 0 radical (unpaired) electrons. The van der Waals surface area contributed by atoms with Crippen molar-refractivity contribution in [2.75, 3.05) is 13.2 Å². The molecule has 2 aliphatic heterocycles. The Morgan fingerprint density at radius 1 is 1.13 bits per heavy atom. The third-order valence-corrected chi connectivity index (χ3v) is 5.26. The number of ether oxygens (including phenoxy) is 2. The third-order valence-electron chi connectivity index (χ3n) is 5.26. The summed E-state index contributed by atoms with van der Waals surface area (Å²) in [5.74, 6) is -4.85. The summed E-state index contributed by atoms with van der Waals surface area (Å²) in [7, 11) is 0. The van der Waals surface area contributed by atoms with Crippen LogP contribution in [0.5, 0.6) is 0 Å². The Hall–Kier alpha value is -3.04. The molecule has 2 unspecified atom stereocenters. The number of rotatable bonds is 6. The number of carbonyl (C=O) groups excluding carboxylic acids is 2. The van der Waals surface area contributed by atoms with Gasteiger partial charge in [-0.3, -0.25) is 14.5 Å². The van der Waals surface area contributed by atoms with E-state index in [0.717, 1.165) is 9.96 Å². The highest BCUT2D eigenvalue weighted by molar-refractivity contribution is 5.78. The van der Waals surface area contributed by atoms with Crippen molar-refractivity contribution >= 4 is 12.1 Å². The minimum absolute atomic E-state index is 0.0619. The molecule has 0 bridgehead atoms. The number of hydrogen-bond donors (Lipinski definition) is 0. The topological polar surface area (TPSA) is 68.3 Å². The second kappa shape index (κ2) is 8.60. The van der Waals surface area contributed by atoms with Crippen LogP contribution in [0.4, 0.5) is 13.6 Å². The van der Waals surface area contributed by atoms with Gasteiger partial charge in [-0.2, -0.15) is 13.8 Å². The number of cyclic esters (lactones) is 1. The molecule has 0 aromatic heterocycles. The maximum Gasteiger partial charge on any atom is 0.412 e. The second-order valence-corrected chi connectivity index (χ2v) is 7.26. The molecule has 0 saturated carbocycles. The zero-order chi connectivity index (χ0) is 22.0. The van der Waals surface area contributed by atoms with E-state index in [0.29, 0.717) is 11.1 Å². The molecule has 0 aliphatic carbocycles. The zero-order valence-corrected chi connectivity index (χ0v) is 16.8. The van der Waals surface area contributed by atoms with Crippen molar-refractivity contribution in [3.05, 3.63) is 71.8 Å². The first-order chi connectivity index (χ1) is 14.9. The normalized spacial score (nSPS) is 25.5. The third kappa shape index (κ3) is 3.98. The highest BCUT2D eigenvalue weighted by atomic mass is 19.3. The number of hydrogen-bond acceptors (Lipinski definition) is 6. The molecule has 2 aromatic rings. The highest BCUT2D eigenvalue weighted by Crippen LogP contribution is 2.44. The molecule has 4 rings (SSSR count). The van der Waals surface area contributed by atoms with Crippen LogP contribution in [-0.2, 0) is 25.7 Å². The molecule has 9 heteroatoms. The van der Waals surface area contributed by atoms with Gasteiger partial charge in [-0.05, 0) is 18.1 Å². The van der Waals surface area contributed by atoms with Crippen LogP contribution < -0.4 is 0 Å². The predicted octanol–water partition coefficient (Wildman–Crippen LogP) is 3.52. The van der Waals surface area contributed by atoms with Gasteiger partial charge in [-0.25, -0.2) is 4.79 Å². The van der Waals surface area contributed by atoms with Crippen LogP contribution in [0.2, 0.25) is 0 Å². The first kappa shape index (κ1) is 21.2. The van der Waals surface area contributed by atoms with Crippen LogP contribution in [-0.4, -0.2) is 53.4 Å². The minimum Gasteiger partial charge on any atom is -0.465 e. The number of amides is 1. The fraction of sp³-hybridized carbons (Fsp3) is 0.364. The SMILES string of the molecule is CCOC(=O)C1N(Cc2ccccc2)OC(N2C(=O)OC[C@H]2c2ccccc2)C1(F)F. The number of nitrogens with zero attached hydrogens (tertiary/aromatic N) is 2. The molecule has 2 aliphatic rings. The van der Waals surface area contributed by atoms with Gasteiger partial charge in [0.2, 0.25) is 12.3 Å². The van der Waals surface area contributed by atoms with Gasteiger partial charge in [0.15, 0.2) is 0 Å². The Kier molecular flexibility index (Phi) is 5.88. The van der Waals surface area contributed by atoms with Crippen LogP contribution in [0.3, 0.4) is 0 Å². The number of halogens is 2. The summed E-state index contributed by atoms with van der Waals surface area (Å²) in [5.41, 5.74) is 1.29. The molecule has 2 aromatic carbocycles. The van der Waals surface area contributed by atoms with Crippen molar-refractivity contribution in [1.29, 1.82) is 0 Å². The van der Waals surface area contributed by atoms with Gasteiger partial charge in [-0.1, -0.05) is 60.7 Å². The lowest BCUT2D eigenvalue weighted by Gasteiger charge is -2.30. The summed E-state index contributed by atoms with van der Waals surface area (Å²) < 4.78 is 41.2. The molecule has 164 valence electrons. The lowest BCUT2D eigenvalue weighted by Crippen LogP contribution is -2.53. The van der Waals surface area contributed by atoms with E-state index in [2.05, 4.69) is 0 Å². The smallest absolute Gasteiger partial charge is 0.412 e. The first-order valence-corrected chi connectivity index (χ1v) is 9.95. The van der Waals surface area contributed by atoms with Gasteiger partial charge in [0.1, 0.15) is 6.61 Å². The summed E-state index contributed by atoms with van der Waals surface area (Å²) in [5, 5.41) is 0.894. The molecular formula is C22H22F2N2O5. The Bertz CT molecular complexity index is 928. The van der Waals surface area contributed by atoms with Gasteiger partial charge in [-0.15, -0.1) is 0 Å². The standard InChI is InChI=1S/C22H22F2N2O5/c1-2-29-19(27)18-22(23,24)20(31-25(18)13-15-9-5-3-6-10-15)26-17(14-30-21(26)28)16-11-7-4-8-12-16/h3-12,17-18,20H,2,13-14H2,1H3/t17-,18?,20?/m0/s1. The lowest BCUT2D eigenvalue weighted by atomic mass is 10.0. The van der Waals surface area contributed by atoms with E-state index in [-0.39, 0.29) is 19.8 Å². The maximum atomic E-state index is 15.6. The van der Waals surface area contributed by atoms with E-state index < -0.39 is 36.3 Å². The zero-order valence-electron chi connectivity index (χ0n) is 16.8. The fourth-order valence-corrected chi connectivity index (χ4v) is 3.83. The van der Waals surface area contributed by atoms with Gasteiger partial charge in [0.25, 0.3) is 0 Å².